The predicted octanol–water partition coefficient (Wildman–Crippen LogP) is 1.32. The number of carboxylic acid groups (broad SMARTS) is 1. The lowest BCUT2D eigenvalue weighted by Crippen LogP contribution is -2.47. The first-order valence-electron chi connectivity index (χ1n) is 7.38. The van der Waals surface area contributed by atoms with Gasteiger partial charge in [0.25, 0.3) is 0 Å². The van der Waals surface area contributed by atoms with Crippen molar-refractivity contribution in [3.63, 3.8) is 0 Å². The van der Waals surface area contributed by atoms with Crippen molar-refractivity contribution in [2.24, 2.45) is 11.7 Å². The molecular weight excluding hydrogens is 268 g/mol. The third kappa shape index (κ3) is 5.19. The molecule has 0 aromatic heterocycles. The maximum Gasteiger partial charge on any atom is 0.305 e. The number of rotatable bonds is 8. The minimum Gasteiger partial charge on any atom is -0.481 e. The van der Waals surface area contributed by atoms with E-state index >= 15 is 0 Å². The number of amides is 1. The van der Waals surface area contributed by atoms with Gasteiger partial charge in [0, 0.05) is 6.04 Å². The van der Waals surface area contributed by atoms with E-state index in [0.717, 1.165) is 24.8 Å². The molecule has 1 aromatic carbocycles. The molecule has 0 bridgehead atoms. The third-order valence-corrected chi connectivity index (χ3v) is 3.84. The summed E-state index contributed by atoms with van der Waals surface area (Å²) in [6, 6.07) is 8.98. The first kappa shape index (κ1) is 15.5. The van der Waals surface area contributed by atoms with Gasteiger partial charge in [0.05, 0.1) is 12.5 Å². The van der Waals surface area contributed by atoms with Crippen LogP contribution in [0.1, 0.15) is 31.2 Å². The minimum absolute atomic E-state index is 0.0260. The van der Waals surface area contributed by atoms with Crippen LogP contribution in [0.3, 0.4) is 0 Å². The normalized spacial score (nSPS) is 17.0. The highest BCUT2D eigenvalue weighted by Gasteiger charge is 2.34. The molecule has 1 fully saturated rings. The van der Waals surface area contributed by atoms with Gasteiger partial charge in [-0.05, 0) is 37.2 Å². The molecule has 1 aliphatic rings. The fraction of sp³-hybridized carbons (Fsp3) is 0.500. The summed E-state index contributed by atoms with van der Waals surface area (Å²) in [5.41, 5.74) is 7.05. The monoisotopic (exact) mass is 290 g/mol. The van der Waals surface area contributed by atoms with Crippen molar-refractivity contribution in [2.75, 3.05) is 0 Å². The van der Waals surface area contributed by atoms with Crippen molar-refractivity contribution >= 4 is 11.9 Å². The second-order valence-electron chi connectivity index (χ2n) is 5.68. The number of carbonyl (C=O) groups excluding carboxylic acids is 1. The SMILES string of the molecule is NC(CCc1ccccc1)C(=O)NC(CC(=O)O)C1CC1. The molecule has 4 N–H and O–H groups in total. The smallest absolute Gasteiger partial charge is 0.305 e. The number of hydrogen-bond donors (Lipinski definition) is 3. The molecule has 2 unspecified atom stereocenters. The standard InChI is InChI=1S/C16H22N2O3/c17-13(9-6-11-4-2-1-3-5-11)16(21)18-14(10-15(19)20)12-7-8-12/h1-5,12-14H,6-10,17H2,(H,18,21)(H,19,20). The highest BCUT2D eigenvalue weighted by atomic mass is 16.4. The Balaban J connectivity index is 1.79. The zero-order chi connectivity index (χ0) is 15.2. The molecule has 1 saturated carbocycles. The lowest BCUT2D eigenvalue weighted by molar-refractivity contribution is -0.138. The molecule has 5 heteroatoms. The number of benzene rings is 1. The zero-order valence-corrected chi connectivity index (χ0v) is 12.0. The second-order valence-corrected chi connectivity index (χ2v) is 5.68. The molecule has 0 heterocycles. The van der Waals surface area contributed by atoms with Crippen molar-refractivity contribution < 1.29 is 14.7 Å². The van der Waals surface area contributed by atoms with Crippen LogP contribution in [0.15, 0.2) is 30.3 Å². The van der Waals surface area contributed by atoms with Crippen molar-refractivity contribution in [1.82, 2.24) is 5.32 Å². The average molecular weight is 290 g/mol. The van der Waals surface area contributed by atoms with Crippen LogP contribution in [0.5, 0.6) is 0 Å². The van der Waals surface area contributed by atoms with Crippen LogP contribution in [0, 0.1) is 5.92 Å². The summed E-state index contributed by atoms with van der Waals surface area (Å²) < 4.78 is 0. The molecule has 114 valence electrons. The van der Waals surface area contributed by atoms with E-state index in [4.69, 9.17) is 10.8 Å². The van der Waals surface area contributed by atoms with Crippen LogP contribution >= 0.6 is 0 Å². The Bertz CT molecular complexity index is 486. The maximum absolute atomic E-state index is 12.1. The Morgan fingerprint density at radius 3 is 2.52 bits per heavy atom. The Hall–Kier alpha value is -1.88. The summed E-state index contributed by atoms with van der Waals surface area (Å²) >= 11 is 0. The number of nitrogens with one attached hydrogen (secondary N) is 1. The summed E-state index contributed by atoms with van der Waals surface area (Å²) in [5, 5.41) is 11.7. The molecule has 0 saturated heterocycles. The molecule has 0 spiro atoms. The molecule has 0 aliphatic heterocycles. The summed E-state index contributed by atoms with van der Waals surface area (Å²) in [7, 11) is 0. The molecule has 2 atom stereocenters. The van der Waals surface area contributed by atoms with Crippen molar-refractivity contribution in [1.29, 1.82) is 0 Å². The fourth-order valence-corrected chi connectivity index (χ4v) is 2.41. The van der Waals surface area contributed by atoms with Crippen LogP contribution in [0.2, 0.25) is 0 Å². The Morgan fingerprint density at radius 2 is 1.95 bits per heavy atom. The first-order chi connectivity index (χ1) is 10.1. The van der Waals surface area contributed by atoms with Gasteiger partial charge < -0.3 is 16.2 Å². The number of aliphatic carboxylic acids is 1. The molecule has 1 aliphatic carbocycles. The number of nitrogens with two attached hydrogens (primary N) is 1. The summed E-state index contributed by atoms with van der Waals surface area (Å²) in [6.45, 7) is 0. The zero-order valence-electron chi connectivity index (χ0n) is 12.0. The average Bonchev–Trinajstić information content (AvgIpc) is 3.29. The van der Waals surface area contributed by atoms with Crippen molar-refractivity contribution in [2.45, 2.75) is 44.2 Å². The molecule has 21 heavy (non-hydrogen) atoms. The van der Waals surface area contributed by atoms with E-state index in [0.29, 0.717) is 12.3 Å². The van der Waals surface area contributed by atoms with Crippen LogP contribution in [0.25, 0.3) is 0 Å². The van der Waals surface area contributed by atoms with Crippen LogP contribution in [-0.4, -0.2) is 29.1 Å². The van der Waals surface area contributed by atoms with E-state index in [1.807, 2.05) is 30.3 Å². The van der Waals surface area contributed by atoms with Gasteiger partial charge in [-0.2, -0.15) is 0 Å². The van der Waals surface area contributed by atoms with E-state index in [2.05, 4.69) is 5.32 Å². The lowest BCUT2D eigenvalue weighted by atomic mass is 10.0. The highest BCUT2D eigenvalue weighted by molar-refractivity contribution is 5.82. The summed E-state index contributed by atoms with van der Waals surface area (Å²) in [4.78, 5) is 22.9. The Kier molecular flexibility index (Phi) is 5.33. The van der Waals surface area contributed by atoms with E-state index < -0.39 is 12.0 Å². The topological polar surface area (TPSA) is 92.4 Å². The van der Waals surface area contributed by atoms with Crippen molar-refractivity contribution in [3.8, 4) is 0 Å². The van der Waals surface area contributed by atoms with Gasteiger partial charge in [-0.1, -0.05) is 30.3 Å². The van der Waals surface area contributed by atoms with Crippen LogP contribution in [0.4, 0.5) is 0 Å². The number of carbonyl (C=O) groups is 2. The lowest BCUT2D eigenvalue weighted by Gasteiger charge is -2.19. The number of hydrogen-bond acceptors (Lipinski definition) is 3. The molecule has 5 nitrogen and oxygen atoms in total. The van der Waals surface area contributed by atoms with Gasteiger partial charge in [0.1, 0.15) is 0 Å². The highest BCUT2D eigenvalue weighted by Crippen LogP contribution is 2.34. The molecule has 0 radical (unpaired) electrons. The second kappa shape index (κ2) is 7.22. The van der Waals surface area contributed by atoms with Gasteiger partial charge in [0.15, 0.2) is 0 Å². The minimum atomic E-state index is -0.884. The van der Waals surface area contributed by atoms with Gasteiger partial charge in [-0.25, -0.2) is 0 Å². The van der Waals surface area contributed by atoms with E-state index in [9.17, 15) is 9.59 Å². The Morgan fingerprint density at radius 1 is 1.29 bits per heavy atom. The van der Waals surface area contributed by atoms with E-state index in [1.165, 1.54) is 0 Å². The molecule has 1 aromatic rings. The quantitative estimate of drug-likeness (QED) is 0.673. The third-order valence-electron chi connectivity index (χ3n) is 3.84. The van der Waals surface area contributed by atoms with Crippen LogP contribution in [-0.2, 0) is 16.0 Å². The molecular formula is C16H22N2O3. The Labute approximate surface area is 124 Å². The maximum atomic E-state index is 12.1. The van der Waals surface area contributed by atoms with Gasteiger partial charge in [-0.15, -0.1) is 0 Å². The van der Waals surface area contributed by atoms with E-state index in [1.54, 1.807) is 0 Å². The van der Waals surface area contributed by atoms with Gasteiger partial charge in [-0.3, -0.25) is 9.59 Å². The predicted molar refractivity (Wildman–Crippen MR) is 79.6 cm³/mol. The molecule has 2 rings (SSSR count). The van der Waals surface area contributed by atoms with Crippen molar-refractivity contribution in [3.05, 3.63) is 35.9 Å². The fourth-order valence-electron chi connectivity index (χ4n) is 2.41. The summed E-state index contributed by atoms with van der Waals surface area (Å²) in [5.74, 6) is -0.833. The van der Waals surface area contributed by atoms with Gasteiger partial charge >= 0.3 is 5.97 Å². The number of aryl methyl sites for hydroxylation is 1. The first-order valence-corrected chi connectivity index (χ1v) is 7.38. The van der Waals surface area contributed by atoms with Gasteiger partial charge in [0.2, 0.25) is 5.91 Å². The van der Waals surface area contributed by atoms with E-state index in [-0.39, 0.29) is 18.4 Å². The molecule has 1 amide bonds. The summed E-state index contributed by atoms with van der Waals surface area (Å²) in [6.07, 6.45) is 3.24. The largest absolute Gasteiger partial charge is 0.481 e. The number of carboxylic acids is 1. The van der Waals surface area contributed by atoms with Crippen LogP contribution < -0.4 is 11.1 Å².